The van der Waals surface area contributed by atoms with Gasteiger partial charge in [-0.05, 0) is 43.0 Å². The molecule has 5 heteroatoms. The third-order valence-corrected chi connectivity index (χ3v) is 4.02. The van der Waals surface area contributed by atoms with E-state index in [1.807, 2.05) is 18.2 Å². The van der Waals surface area contributed by atoms with Crippen molar-refractivity contribution < 1.29 is 14.6 Å². The van der Waals surface area contributed by atoms with Crippen LogP contribution >= 0.6 is 15.9 Å². The molecule has 2 rings (SSSR count). The number of nitrogens with one attached hydrogen (secondary N) is 1. The van der Waals surface area contributed by atoms with Gasteiger partial charge >= 0.3 is 0 Å². The van der Waals surface area contributed by atoms with Crippen molar-refractivity contribution >= 4 is 21.8 Å². The fraction of sp³-hybridized carbons (Fsp3) is 0.533. The summed E-state index contributed by atoms with van der Waals surface area (Å²) in [5.74, 6) is 1.13. The van der Waals surface area contributed by atoms with Crippen LogP contribution in [0.5, 0.6) is 5.75 Å². The molecule has 0 spiro atoms. The highest BCUT2D eigenvalue weighted by Gasteiger charge is 2.29. The third kappa shape index (κ3) is 4.21. The SMILES string of the molecule is COc1ccc(Br)cc1C[C@@H](CO)CNC(=O)C1CC1. The van der Waals surface area contributed by atoms with E-state index in [2.05, 4.69) is 21.2 Å². The lowest BCUT2D eigenvalue weighted by Gasteiger charge is -2.17. The Kier molecular flexibility index (Phi) is 5.43. The zero-order chi connectivity index (χ0) is 14.5. The maximum absolute atomic E-state index is 11.6. The van der Waals surface area contributed by atoms with Gasteiger partial charge in [-0.1, -0.05) is 15.9 Å². The van der Waals surface area contributed by atoms with Crippen LogP contribution in [0, 0.1) is 11.8 Å². The third-order valence-electron chi connectivity index (χ3n) is 3.52. The van der Waals surface area contributed by atoms with Crippen LogP contribution in [0.15, 0.2) is 22.7 Å². The van der Waals surface area contributed by atoms with Crippen LogP contribution in [0.1, 0.15) is 18.4 Å². The highest BCUT2D eigenvalue weighted by atomic mass is 79.9. The van der Waals surface area contributed by atoms with Crippen molar-refractivity contribution in [1.29, 1.82) is 0 Å². The van der Waals surface area contributed by atoms with Gasteiger partial charge in [0.15, 0.2) is 0 Å². The molecule has 0 unspecified atom stereocenters. The molecule has 1 amide bonds. The summed E-state index contributed by atoms with van der Waals surface area (Å²) in [6.07, 6.45) is 2.66. The number of benzene rings is 1. The summed E-state index contributed by atoms with van der Waals surface area (Å²) in [7, 11) is 1.63. The van der Waals surface area contributed by atoms with E-state index >= 15 is 0 Å². The molecule has 1 atom stereocenters. The maximum Gasteiger partial charge on any atom is 0.223 e. The number of carbonyl (C=O) groups is 1. The van der Waals surface area contributed by atoms with E-state index in [4.69, 9.17) is 4.74 Å². The first kappa shape index (κ1) is 15.3. The monoisotopic (exact) mass is 341 g/mol. The van der Waals surface area contributed by atoms with Gasteiger partial charge in [0, 0.05) is 29.5 Å². The number of aliphatic hydroxyl groups is 1. The van der Waals surface area contributed by atoms with Crippen molar-refractivity contribution in [1.82, 2.24) is 5.32 Å². The summed E-state index contributed by atoms with van der Waals surface area (Å²) in [4.78, 5) is 11.6. The first-order valence-corrected chi connectivity index (χ1v) is 7.64. The molecule has 1 aliphatic rings. The molecule has 1 aromatic carbocycles. The van der Waals surface area contributed by atoms with Crippen LogP contribution in [0.25, 0.3) is 0 Å². The molecule has 0 heterocycles. The molecule has 1 aliphatic carbocycles. The van der Waals surface area contributed by atoms with Crippen molar-refractivity contribution in [3.8, 4) is 5.75 Å². The van der Waals surface area contributed by atoms with Crippen molar-refractivity contribution in [2.45, 2.75) is 19.3 Å². The van der Waals surface area contributed by atoms with Gasteiger partial charge in [0.05, 0.1) is 7.11 Å². The van der Waals surface area contributed by atoms with E-state index in [1.165, 1.54) is 0 Å². The zero-order valence-corrected chi connectivity index (χ0v) is 13.1. The number of rotatable bonds is 7. The van der Waals surface area contributed by atoms with Crippen LogP contribution in [0.3, 0.4) is 0 Å². The molecule has 1 fully saturated rings. The first-order valence-electron chi connectivity index (χ1n) is 6.85. The molecular weight excluding hydrogens is 322 g/mol. The molecule has 0 saturated heterocycles. The summed E-state index contributed by atoms with van der Waals surface area (Å²) in [6, 6.07) is 5.81. The first-order chi connectivity index (χ1) is 9.63. The van der Waals surface area contributed by atoms with Gasteiger partial charge in [-0.25, -0.2) is 0 Å². The second-order valence-corrected chi connectivity index (χ2v) is 6.14. The average Bonchev–Trinajstić information content (AvgIpc) is 3.27. The van der Waals surface area contributed by atoms with E-state index in [0.29, 0.717) is 13.0 Å². The summed E-state index contributed by atoms with van der Waals surface area (Å²) < 4.78 is 6.31. The zero-order valence-electron chi connectivity index (χ0n) is 11.6. The molecule has 0 bridgehead atoms. The van der Waals surface area contributed by atoms with Crippen molar-refractivity contribution in [3.63, 3.8) is 0 Å². The quantitative estimate of drug-likeness (QED) is 0.798. The molecular formula is C15H20BrNO3. The minimum atomic E-state index is 0.000833. The highest BCUT2D eigenvalue weighted by Crippen LogP contribution is 2.29. The number of halogens is 1. The summed E-state index contributed by atoms with van der Waals surface area (Å²) in [6.45, 7) is 0.544. The van der Waals surface area contributed by atoms with Crippen molar-refractivity contribution in [2.75, 3.05) is 20.3 Å². The number of hydrogen-bond donors (Lipinski definition) is 2. The standard InChI is InChI=1S/C15H20BrNO3/c1-20-14-5-4-13(16)7-12(14)6-10(9-18)8-17-15(19)11-2-3-11/h4-5,7,10-11,18H,2-3,6,8-9H2,1H3,(H,17,19)/t10-/m1/s1. The van der Waals surface area contributed by atoms with Gasteiger partial charge in [-0.3, -0.25) is 4.79 Å². The predicted octanol–water partition coefficient (Wildman–Crippen LogP) is 2.13. The summed E-state index contributed by atoms with van der Waals surface area (Å²) in [5, 5.41) is 12.4. The smallest absolute Gasteiger partial charge is 0.223 e. The summed E-state index contributed by atoms with van der Waals surface area (Å²) >= 11 is 3.44. The second kappa shape index (κ2) is 7.09. The highest BCUT2D eigenvalue weighted by molar-refractivity contribution is 9.10. The number of amides is 1. The Morgan fingerprint density at radius 1 is 1.55 bits per heavy atom. The normalized spacial score (nSPS) is 15.8. The van der Waals surface area contributed by atoms with Crippen LogP contribution < -0.4 is 10.1 Å². The van der Waals surface area contributed by atoms with Crippen LogP contribution in [-0.2, 0) is 11.2 Å². The molecule has 0 aromatic heterocycles. The average molecular weight is 342 g/mol. The Hall–Kier alpha value is -1.07. The lowest BCUT2D eigenvalue weighted by atomic mass is 9.99. The number of hydrogen-bond acceptors (Lipinski definition) is 3. The fourth-order valence-corrected chi connectivity index (χ4v) is 2.56. The van der Waals surface area contributed by atoms with Gasteiger partial charge in [0.25, 0.3) is 0 Å². The number of aliphatic hydroxyl groups excluding tert-OH is 1. The van der Waals surface area contributed by atoms with Gasteiger partial charge in [-0.2, -0.15) is 0 Å². The van der Waals surface area contributed by atoms with Crippen LogP contribution in [-0.4, -0.2) is 31.3 Å². The second-order valence-electron chi connectivity index (χ2n) is 5.23. The van der Waals surface area contributed by atoms with E-state index in [-0.39, 0.29) is 24.3 Å². The molecule has 2 N–H and O–H groups in total. The minimum Gasteiger partial charge on any atom is -0.496 e. The van der Waals surface area contributed by atoms with Gasteiger partial charge in [0.2, 0.25) is 5.91 Å². The molecule has 110 valence electrons. The van der Waals surface area contributed by atoms with E-state index in [1.54, 1.807) is 7.11 Å². The Morgan fingerprint density at radius 2 is 2.30 bits per heavy atom. The number of ether oxygens (including phenoxy) is 1. The van der Waals surface area contributed by atoms with Crippen molar-refractivity contribution in [3.05, 3.63) is 28.2 Å². The van der Waals surface area contributed by atoms with E-state index in [9.17, 15) is 9.90 Å². The van der Waals surface area contributed by atoms with Gasteiger partial charge in [-0.15, -0.1) is 0 Å². The molecule has 1 saturated carbocycles. The lowest BCUT2D eigenvalue weighted by Crippen LogP contribution is -2.32. The number of methoxy groups -OCH3 is 1. The Balaban J connectivity index is 1.94. The molecule has 20 heavy (non-hydrogen) atoms. The summed E-state index contributed by atoms with van der Waals surface area (Å²) in [5.41, 5.74) is 1.03. The molecule has 1 aromatic rings. The molecule has 0 aliphatic heterocycles. The minimum absolute atomic E-state index is 0.000833. The largest absolute Gasteiger partial charge is 0.496 e. The Morgan fingerprint density at radius 3 is 2.90 bits per heavy atom. The van der Waals surface area contributed by atoms with Crippen LogP contribution in [0.4, 0.5) is 0 Å². The number of carbonyl (C=O) groups excluding carboxylic acids is 1. The van der Waals surface area contributed by atoms with Gasteiger partial charge in [0.1, 0.15) is 5.75 Å². The van der Waals surface area contributed by atoms with Crippen molar-refractivity contribution in [2.24, 2.45) is 11.8 Å². The lowest BCUT2D eigenvalue weighted by molar-refractivity contribution is -0.122. The molecule has 0 radical (unpaired) electrons. The topological polar surface area (TPSA) is 58.6 Å². The Bertz CT molecular complexity index is 474. The Labute approximate surface area is 127 Å². The van der Waals surface area contributed by atoms with E-state index in [0.717, 1.165) is 28.6 Å². The molecule has 4 nitrogen and oxygen atoms in total. The van der Waals surface area contributed by atoms with Gasteiger partial charge < -0.3 is 15.2 Å². The van der Waals surface area contributed by atoms with E-state index < -0.39 is 0 Å². The fourth-order valence-electron chi connectivity index (χ4n) is 2.15. The maximum atomic E-state index is 11.6. The van der Waals surface area contributed by atoms with Crippen LogP contribution in [0.2, 0.25) is 0 Å². The predicted molar refractivity (Wildman–Crippen MR) is 80.7 cm³/mol.